The number of hydrogen-bond acceptors (Lipinski definition) is 6. The molecule has 1 fully saturated rings. The molecule has 4 rings (SSSR count). The molecular weight excluding hydrogens is 435 g/mol. The number of carbonyl (C=O) groups excluding carboxylic acids is 1. The van der Waals surface area contributed by atoms with Crippen LogP contribution in [-0.2, 0) is 22.5 Å². The van der Waals surface area contributed by atoms with Crippen molar-refractivity contribution in [3.8, 4) is 6.07 Å². The van der Waals surface area contributed by atoms with Crippen molar-refractivity contribution in [1.82, 2.24) is 14.9 Å². The van der Waals surface area contributed by atoms with Gasteiger partial charge < -0.3 is 10.5 Å². The highest BCUT2D eigenvalue weighted by Gasteiger charge is 2.55. The number of methoxy groups -OCH3 is 1. The lowest BCUT2D eigenvalue weighted by Crippen LogP contribution is -2.50. The van der Waals surface area contributed by atoms with Gasteiger partial charge >= 0.3 is 0 Å². The first-order valence-electron chi connectivity index (χ1n) is 11.4. The van der Waals surface area contributed by atoms with Crippen LogP contribution in [0.2, 0.25) is 0 Å². The van der Waals surface area contributed by atoms with Gasteiger partial charge in [-0.2, -0.15) is 5.26 Å². The van der Waals surface area contributed by atoms with Crippen LogP contribution in [-0.4, -0.2) is 39.9 Å². The number of carbonyl (C=O) groups is 1. The quantitative estimate of drug-likeness (QED) is 0.528. The Labute approximate surface area is 198 Å². The molecule has 178 valence electrons. The Balaban J connectivity index is 1.77. The minimum Gasteiger partial charge on any atom is -0.381 e. The van der Waals surface area contributed by atoms with Crippen molar-refractivity contribution in [3.63, 3.8) is 0 Å². The van der Waals surface area contributed by atoms with E-state index in [-0.39, 0.29) is 36.2 Å². The molecule has 3 atom stereocenters. The Hall–Kier alpha value is -3.38. The topological polar surface area (TPSA) is 129 Å². The average molecular weight is 465 g/mol. The number of nitrogens with two attached hydrogens (primary N) is 1. The van der Waals surface area contributed by atoms with E-state index in [2.05, 4.69) is 29.9 Å². The standard InChI is InChI=1S/C25H29FN6O2/c1-14-7-25(8-15(2)22(14)34-3)9-17-5-4-16(10-27)6-19(17)21(25)23(33)32(24(28)29)13-20-30-11-18(26)12-31-20/h4-6,11-12,14-15,21-22H,7-9,13H2,1-3H3,(H3,28,29). The van der Waals surface area contributed by atoms with Crippen LogP contribution < -0.4 is 5.73 Å². The molecule has 8 nitrogen and oxygen atoms in total. The van der Waals surface area contributed by atoms with E-state index in [1.165, 1.54) is 0 Å². The van der Waals surface area contributed by atoms with Crippen LogP contribution >= 0.6 is 0 Å². The highest BCUT2D eigenvalue weighted by Crippen LogP contribution is 2.58. The van der Waals surface area contributed by atoms with E-state index in [4.69, 9.17) is 15.9 Å². The largest absolute Gasteiger partial charge is 0.381 e. The lowest BCUT2D eigenvalue weighted by molar-refractivity contribution is -0.136. The predicted molar refractivity (Wildman–Crippen MR) is 123 cm³/mol. The molecule has 0 saturated heterocycles. The first-order valence-corrected chi connectivity index (χ1v) is 11.4. The number of fused-ring (bicyclic) bond motifs is 1. The molecule has 0 radical (unpaired) electrons. The summed E-state index contributed by atoms with van der Waals surface area (Å²) in [4.78, 5) is 23.2. The van der Waals surface area contributed by atoms with Crippen molar-refractivity contribution in [2.45, 2.75) is 51.7 Å². The zero-order chi connectivity index (χ0) is 24.6. The van der Waals surface area contributed by atoms with Gasteiger partial charge in [0.1, 0.15) is 5.82 Å². The van der Waals surface area contributed by atoms with Crippen LogP contribution in [0.15, 0.2) is 30.6 Å². The lowest BCUT2D eigenvalue weighted by Gasteiger charge is -2.48. The van der Waals surface area contributed by atoms with Crippen LogP contribution in [0.3, 0.4) is 0 Å². The second-order valence-electron chi connectivity index (χ2n) is 9.69. The van der Waals surface area contributed by atoms with Gasteiger partial charge in [-0.1, -0.05) is 19.9 Å². The Morgan fingerprint density at radius 2 is 1.97 bits per heavy atom. The summed E-state index contributed by atoms with van der Waals surface area (Å²) >= 11 is 0. The van der Waals surface area contributed by atoms with E-state index in [1.54, 1.807) is 19.2 Å². The molecule has 0 bridgehead atoms. The fourth-order valence-corrected chi connectivity index (χ4v) is 6.30. The van der Waals surface area contributed by atoms with Crippen LogP contribution in [0.1, 0.15) is 55.1 Å². The fourth-order valence-electron chi connectivity index (χ4n) is 6.30. The van der Waals surface area contributed by atoms with E-state index < -0.39 is 23.1 Å². The van der Waals surface area contributed by atoms with Crippen molar-refractivity contribution in [1.29, 1.82) is 10.7 Å². The van der Waals surface area contributed by atoms with Gasteiger partial charge in [0, 0.05) is 7.11 Å². The SMILES string of the molecule is COC1C(C)CC2(Cc3ccc(C#N)cc3C2C(=O)N(Cc2ncc(F)cn2)C(=N)N)CC1C. The Morgan fingerprint density at radius 1 is 1.32 bits per heavy atom. The van der Waals surface area contributed by atoms with Gasteiger partial charge in [-0.25, -0.2) is 14.4 Å². The number of benzene rings is 1. The van der Waals surface area contributed by atoms with Crippen molar-refractivity contribution < 1.29 is 13.9 Å². The fraction of sp³-hybridized carbons (Fsp3) is 0.480. The summed E-state index contributed by atoms with van der Waals surface area (Å²) in [7, 11) is 1.72. The maximum atomic E-state index is 14.1. The Kier molecular flexibility index (Phi) is 6.36. The third-order valence-corrected chi connectivity index (χ3v) is 7.37. The highest BCUT2D eigenvalue weighted by atomic mass is 19.1. The zero-order valence-electron chi connectivity index (χ0n) is 19.6. The Morgan fingerprint density at radius 3 is 2.53 bits per heavy atom. The van der Waals surface area contributed by atoms with Gasteiger partial charge in [-0.15, -0.1) is 0 Å². The van der Waals surface area contributed by atoms with E-state index in [1.807, 2.05) is 6.07 Å². The summed E-state index contributed by atoms with van der Waals surface area (Å²) in [6, 6.07) is 7.67. The summed E-state index contributed by atoms with van der Waals surface area (Å²) in [5, 5.41) is 17.6. The molecule has 2 aliphatic carbocycles. The number of amides is 1. The predicted octanol–water partition coefficient (Wildman–Crippen LogP) is 3.12. The van der Waals surface area contributed by atoms with Crippen molar-refractivity contribution >= 4 is 11.9 Å². The number of halogens is 1. The monoisotopic (exact) mass is 464 g/mol. The smallest absolute Gasteiger partial charge is 0.237 e. The second kappa shape index (κ2) is 9.11. The average Bonchev–Trinajstić information content (AvgIpc) is 3.09. The third-order valence-electron chi connectivity index (χ3n) is 7.37. The van der Waals surface area contributed by atoms with Gasteiger partial charge in [-0.05, 0) is 59.8 Å². The zero-order valence-corrected chi connectivity index (χ0v) is 19.6. The number of aromatic nitrogens is 2. The molecule has 1 heterocycles. The number of hydrogen-bond donors (Lipinski definition) is 2. The number of guanidine groups is 1. The van der Waals surface area contributed by atoms with Crippen LogP contribution in [0, 0.1) is 39.8 Å². The number of nitrogens with zero attached hydrogens (tertiary/aromatic N) is 4. The summed E-state index contributed by atoms with van der Waals surface area (Å²) in [6.07, 6.45) is 4.37. The normalized spacial score (nSPS) is 27.7. The van der Waals surface area contributed by atoms with Crippen LogP contribution in [0.25, 0.3) is 0 Å². The van der Waals surface area contributed by atoms with Crippen molar-refractivity contribution in [2.75, 3.05) is 7.11 Å². The maximum Gasteiger partial charge on any atom is 0.237 e. The lowest BCUT2D eigenvalue weighted by atomic mass is 9.59. The van der Waals surface area contributed by atoms with Gasteiger partial charge in [0.05, 0.1) is 42.6 Å². The molecule has 2 aromatic rings. The van der Waals surface area contributed by atoms with Gasteiger partial charge in [-0.3, -0.25) is 15.1 Å². The van der Waals surface area contributed by atoms with Gasteiger partial charge in [0.15, 0.2) is 11.8 Å². The van der Waals surface area contributed by atoms with E-state index in [0.29, 0.717) is 12.0 Å². The van der Waals surface area contributed by atoms with E-state index in [0.717, 1.165) is 41.3 Å². The third kappa shape index (κ3) is 4.14. The summed E-state index contributed by atoms with van der Waals surface area (Å²) in [6.45, 7) is 4.15. The molecule has 3 unspecified atom stereocenters. The first-order chi connectivity index (χ1) is 16.2. The second-order valence-corrected chi connectivity index (χ2v) is 9.69. The molecule has 34 heavy (non-hydrogen) atoms. The molecule has 1 aromatic carbocycles. The van der Waals surface area contributed by atoms with Gasteiger partial charge in [0.2, 0.25) is 5.91 Å². The summed E-state index contributed by atoms with van der Waals surface area (Å²) < 4.78 is 19.0. The molecule has 1 amide bonds. The molecule has 0 aliphatic heterocycles. The van der Waals surface area contributed by atoms with Crippen LogP contribution in [0.4, 0.5) is 4.39 Å². The molecule has 1 aromatic heterocycles. The summed E-state index contributed by atoms with van der Waals surface area (Å²) in [5.41, 5.74) is 7.80. The number of nitriles is 1. The highest BCUT2D eigenvalue weighted by molar-refractivity contribution is 5.99. The molecular formula is C25H29FN6O2. The Bertz CT molecular complexity index is 1130. The van der Waals surface area contributed by atoms with Gasteiger partial charge in [0.25, 0.3) is 0 Å². The molecule has 3 N–H and O–H groups in total. The minimum absolute atomic E-state index is 0.0938. The number of nitrogens with one attached hydrogen (secondary N) is 1. The van der Waals surface area contributed by atoms with E-state index in [9.17, 15) is 14.4 Å². The molecule has 9 heteroatoms. The van der Waals surface area contributed by atoms with E-state index >= 15 is 0 Å². The van der Waals surface area contributed by atoms with Crippen molar-refractivity contribution in [2.24, 2.45) is 23.0 Å². The molecule has 2 aliphatic rings. The van der Waals surface area contributed by atoms with Crippen LogP contribution in [0.5, 0.6) is 0 Å². The molecule has 1 saturated carbocycles. The number of ether oxygens (including phenoxy) is 1. The van der Waals surface area contributed by atoms with Crippen molar-refractivity contribution in [3.05, 3.63) is 58.9 Å². The molecule has 1 spiro atoms. The first kappa shape index (κ1) is 23.8. The summed E-state index contributed by atoms with van der Waals surface area (Å²) in [5.74, 6) is -1.29. The maximum absolute atomic E-state index is 14.1. The minimum atomic E-state index is -0.588. The number of rotatable bonds is 4.